The fraction of sp³-hybridized carbons (Fsp3) is 0.455. The largest absolute Gasteiger partial charge is 0.387 e. The van der Waals surface area contributed by atoms with E-state index in [4.69, 9.17) is 17.3 Å². The Kier molecular flexibility index (Phi) is 2.77. The molecular formula is C11H14ClNO. The van der Waals surface area contributed by atoms with Crippen molar-refractivity contribution < 1.29 is 5.11 Å². The highest BCUT2D eigenvalue weighted by atomic mass is 35.5. The van der Waals surface area contributed by atoms with Gasteiger partial charge in [0.05, 0.1) is 6.10 Å². The van der Waals surface area contributed by atoms with E-state index in [0.29, 0.717) is 5.02 Å². The number of hydrogen-bond acceptors (Lipinski definition) is 2. The SMILES string of the molecule is N[C@@H]1CCCc2ccc(Cl)cc2[C@H]1O. The summed E-state index contributed by atoms with van der Waals surface area (Å²) in [6.45, 7) is 0. The third-order valence-electron chi connectivity index (χ3n) is 2.82. The predicted molar refractivity (Wildman–Crippen MR) is 57.3 cm³/mol. The van der Waals surface area contributed by atoms with Crippen molar-refractivity contribution in [3.63, 3.8) is 0 Å². The second-order valence-electron chi connectivity index (χ2n) is 3.84. The van der Waals surface area contributed by atoms with E-state index in [1.54, 1.807) is 0 Å². The van der Waals surface area contributed by atoms with E-state index in [2.05, 4.69) is 0 Å². The summed E-state index contributed by atoms with van der Waals surface area (Å²) in [4.78, 5) is 0. The molecule has 0 aliphatic heterocycles. The van der Waals surface area contributed by atoms with Crippen molar-refractivity contribution in [1.29, 1.82) is 0 Å². The molecule has 0 amide bonds. The first-order valence-corrected chi connectivity index (χ1v) is 5.28. The van der Waals surface area contributed by atoms with Crippen LogP contribution in [0.15, 0.2) is 18.2 Å². The molecule has 0 fully saturated rings. The Bertz CT molecular complexity index is 340. The van der Waals surface area contributed by atoms with Gasteiger partial charge in [0.15, 0.2) is 0 Å². The molecule has 76 valence electrons. The van der Waals surface area contributed by atoms with Crippen molar-refractivity contribution in [1.82, 2.24) is 0 Å². The van der Waals surface area contributed by atoms with Crippen LogP contribution in [0.2, 0.25) is 5.02 Å². The molecule has 0 bridgehead atoms. The number of aryl methyl sites for hydroxylation is 1. The molecule has 0 unspecified atom stereocenters. The van der Waals surface area contributed by atoms with Crippen LogP contribution in [0.1, 0.15) is 30.1 Å². The molecule has 0 heterocycles. The van der Waals surface area contributed by atoms with Crippen LogP contribution in [0.25, 0.3) is 0 Å². The highest BCUT2D eigenvalue weighted by molar-refractivity contribution is 6.30. The second kappa shape index (κ2) is 3.89. The fourth-order valence-corrected chi connectivity index (χ4v) is 2.17. The van der Waals surface area contributed by atoms with Crippen molar-refractivity contribution in [3.05, 3.63) is 34.3 Å². The van der Waals surface area contributed by atoms with Crippen LogP contribution < -0.4 is 5.73 Å². The fourth-order valence-electron chi connectivity index (χ4n) is 1.99. The third-order valence-corrected chi connectivity index (χ3v) is 3.05. The minimum atomic E-state index is -0.564. The van der Waals surface area contributed by atoms with Crippen molar-refractivity contribution in [2.45, 2.75) is 31.4 Å². The van der Waals surface area contributed by atoms with Crippen LogP contribution in [-0.4, -0.2) is 11.1 Å². The lowest BCUT2D eigenvalue weighted by molar-refractivity contribution is 0.144. The van der Waals surface area contributed by atoms with Crippen LogP contribution in [-0.2, 0) is 6.42 Å². The van der Waals surface area contributed by atoms with Gasteiger partial charge in [-0.2, -0.15) is 0 Å². The average Bonchev–Trinajstić information content (AvgIpc) is 2.30. The highest BCUT2D eigenvalue weighted by Crippen LogP contribution is 2.29. The molecule has 1 aliphatic rings. The Morgan fingerprint density at radius 2 is 2.21 bits per heavy atom. The molecule has 0 radical (unpaired) electrons. The van der Waals surface area contributed by atoms with Gasteiger partial charge in [-0.05, 0) is 42.5 Å². The summed E-state index contributed by atoms with van der Waals surface area (Å²) in [6, 6.07) is 5.52. The maximum absolute atomic E-state index is 9.95. The second-order valence-corrected chi connectivity index (χ2v) is 4.28. The number of nitrogens with two attached hydrogens (primary N) is 1. The van der Waals surface area contributed by atoms with Crippen molar-refractivity contribution in [2.24, 2.45) is 5.73 Å². The minimum absolute atomic E-state index is 0.158. The topological polar surface area (TPSA) is 46.2 Å². The van der Waals surface area contributed by atoms with E-state index in [1.807, 2.05) is 18.2 Å². The molecule has 2 atom stereocenters. The molecule has 14 heavy (non-hydrogen) atoms. The van der Waals surface area contributed by atoms with Gasteiger partial charge in [-0.3, -0.25) is 0 Å². The van der Waals surface area contributed by atoms with Gasteiger partial charge >= 0.3 is 0 Å². The average molecular weight is 212 g/mol. The summed E-state index contributed by atoms with van der Waals surface area (Å²) in [5.41, 5.74) is 7.93. The zero-order valence-electron chi connectivity index (χ0n) is 7.91. The van der Waals surface area contributed by atoms with Gasteiger partial charge in [0.2, 0.25) is 0 Å². The van der Waals surface area contributed by atoms with Gasteiger partial charge in [0, 0.05) is 11.1 Å². The third kappa shape index (κ3) is 1.78. The molecule has 2 rings (SSSR count). The molecule has 0 saturated carbocycles. The van der Waals surface area contributed by atoms with Crippen molar-refractivity contribution >= 4 is 11.6 Å². The van der Waals surface area contributed by atoms with Gasteiger partial charge in [-0.25, -0.2) is 0 Å². The summed E-state index contributed by atoms with van der Waals surface area (Å²) in [7, 11) is 0. The zero-order valence-corrected chi connectivity index (χ0v) is 8.67. The van der Waals surface area contributed by atoms with Gasteiger partial charge in [0.1, 0.15) is 0 Å². The lowest BCUT2D eigenvalue weighted by Gasteiger charge is -2.17. The number of aliphatic hydroxyl groups excluding tert-OH is 1. The molecule has 0 spiro atoms. The minimum Gasteiger partial charge on any atom is -0.387 e. The lowest BCUT2D eigenvalue weighted by atomic mass is 9.99. The Morgan fingerprint density at radius 3 is 3.00 bits per heavy atom. The molecular weight excluding hydrogens is 198 g/mol. The normalized spacial score (nSPS) is 26.8. The molecule has 3 N–H and O–H groups in total. The first-order chi connectivity index (χ1) is 6.68. The molecule has 1 aromatic carbocycles. The molecule has 3 heteroatoms. The molecule has 1 aliphatic carbocycles. The summed E-state index contributed by atoms with van der Waals surface area (Å²) in [5.74, 6) is 0. The molecule has 1 aromatic rings. The van der Waals surface area contributed by atoms with Gasteiger partial charge < -0.3 is 10.8 Å². The summed E-state index contributed by atoms with van der Waals surface area (Å²) in [5, 5.41) is 10.6. The van der Waals surface area contributed by atoms with Crippen LogP contribution in [0.5, 0.6) is 0 Å². The summed E-state index contributed by atoms with van der Waals surface area (Å²) in [6.07, 6.45) is 2.32. The van der Waals surface area contributed by atoms with E-state index in [0.717, 1.165) is 24.8 Å². The number of fused-ring (bicyclic) bond motifs is 1. The molecule has 0 saturated heterocycles. The lowest BCUT2D eigenvalue weighted by Crippen LogP contribution is -2.27. The van der Waals surface area contributed by atoms with Gasteiger partial charge in [-0.1, -0.05) is 17.7 Å². The smallest absolute Gasteiger partial charge is 0.0944 e. The predicted octanol–water partition coefficient (Wildman–Crippen LogP) is 2.04. The maximum Gasteiger partial charge on any atom is 0.0944 e. The number of halogens is 1. The van der Waals surface area contributed by atoms with E-state index in [-0.39, 0.29) is 6.04 Å². The zero-order chi connectivity index (χ0) is 10.1. The Balaban J connectivity index is 2.44. The van der Waals surface area contributed by atoms with Crippen molar-refractivity contribution in [2.75, 3.05) is 0 Å². The summed E-state index contributed by atoms with van der Waals surface area (Å²) >= 11 is 5.89. The molecule has 0 aromatic heterocycles. The van der Waals surface area contributed by atoms with E-state index < -0.39 is 6.10 Å². The Morgan fingerprint density at radius 1 is 1.43 bits per heavy atom. The Labute approximate surface area is 88.7 Å². The van der Waals surface area contributed by atoms with Crippen molar-refractivity contribution in [3.8, 4) is 0 Å². The summed E-state index contributed by atoms with van der Waals surface area (Å²) < 4.78 is 0. The van der Waals surface area contributed by atoms with Crippen LogP contribution in [0.3, 0.4) is 0 Å². The standard InChI is InChI=1S/C11H14ClNO/c12-8-5-4-7-2-1-3-10(13)11(14)9(7)6-8/h4-6,10-11,14H,1-3,13H2/t10-,11-/m1/s1. The van der Waals surface area contributed by atoms with E-state index >= 15 is 0 Å². The monoisotopic (exact) mass is 211 g/mol. The van der Waals surface area contributed by atoms with Crippen LogP contribution >= 0.6 is 11.6 Å². The maximum atomic E-state index is 9.95. The first kappa shape index (κ1) is 9.97. The highest BCUT2D eigenvalue weighted by Gasteiger charge is 2.22. The number of rotatable bonds is 0. The quantitative estimate of drug-likeness (QED) is 0.646. The van der Waals surface area contributed by atoms with Crippen LogP contribution in [0, 0.1) is 0 Å². The van der Waals surface area contributed by atoms with Gasteiger partial charge in [0.25, 0.3) is 0 Å². The number of benzene rings is 1. The number of aliphatic hydroxyl groups is 1. The van der Waals surface area contributed by atoms with E-state index in [9.17, 15) is 5.11 Å². The van der Waals surface area contributed by atoms with Gasteiger partial charge in [-0.15, -0.1) is 0 Å². The van der Waals surface area contributed by atoms with Crippen LogP contribution in [0.4, 0.5) is 0 Å². The number of hydrogen-bond donors (Lipinski definition) is 2. The van der Waals surface area contributed by atoms with E-state index in [1.165, 1.54) is 5.56 Å². The molecule has 2 nitrogen and oxygen atoms in total. The first-order valence-electron chi connectivity index (χ1n) is 4.90. The Hall–Kier alpha value is -0.570.